The molecule has 0 aliphatic rings. The average Bonchev–Trinajstić information content (AvgIpc) is 2.87. The van der Waals surface area contributed by atoms with Crippen molar-refractivity contribution < 1.29 is 19.1 Å². The highest BCUT2D eigenvalue weighted by Crippen LogP contribution is 2.28. The standard InChI is InChI=1S/C28H30N2O4/c1-33-26-19-22(15-17-25(26)34-20-27(29)31)16-18-28(32)30-24(23-12-6-3-7-13-23)14-8-11-21-9-4-2-5-10-21/h2-7,9-10,12-13,15-19,24H,8,11,14,20H2,1H3,(H2,29,31)(H,30,32)/b18-16+. The van der Waals surface area contributed by atoms with Gasteiger partial charge in [-0.1, -0.05) is 66.7 Å². The van der Waals surface area contributed by atoms with Gasteiger partial charge in [-0.25, -0.2) is 0 Å². The molecule has 3 aromatic carbocycles. The van der Waals surface area contributed by atoms with Gasteiger partial charge in [-0.05, 0) is 54.2 Å². The number of carbonyl (C=O) groups excluding carboxylic acids is 2. The van der Waals surface area contributed by atoms with Crippen molar-refractivity contribution in [2.45, 2.75) is 25.3 Å². The zero-order chi connectivity index (χ0) is 24.2. The molecule has 0 spiro atoms. The van der Waals surface area contributed by atoms with Gasteiger partial charge in [0, 0.05) is 6.08 Å². The fraction of sp³-hybridized carbons (Fsp3) is 0.214. The molecule has 0 bridgehead atoms. The van der Waals surface area contributed by atoms with Gasteiger partial charge in [-0.15, -0.1) is 0 Å². The highest BCUT2D eigenvalue weighted by atomic mass is 16.5. The molecule has 0 saturated heterocycles. The molecule has 3 aromatic rings. The van der Waals surface area contributed by atoms with Crippen LogP contribution < -0.4 is 20.5 Å². The summed E-state index contributed by atoms with van der Waals surface area (Å²) in [5.41, 5.74) is 8.25. The molecular formula is C28H30N2O4. The fourth-order valence-electron chi connectivity index (χ4n) is 3.61. The topological polar surface area (TPSA) is 90.7 Å². The SMILES string of the molecule is COc1cc(/C=C/C(=O)NC(CCCc2ccccc2)c2ccccc2)ccc1OCC(N)=O. The summed E-state index contributed by atoms with van der Waals surface area (Å²) in [4.78, 5) is 23.7. The van der Waals surface area contributed by atoms with E-state index in [1.54, 1.807) is 24.3 Å². The largest absolute Gasteiger partial charge is 0.493 e. The van der Waals surface area contributed by atoms with E-state index in [9.17, 15) is 9.59 Å². The van der Waals surface area contributed by atoms with Gasteiger partial charge < -0.3 is 20.5 Å². The van der Waals surface area contributed by atoms with Crippen molar-refractivity contribution in [3.05, 3.63) is 102 Å². The smallest absolute Gasteiger partial charge is 0.255 e. The van der Waals surface area contributed by atoms with E-state index in [2.05, 4.69) is 17.4 Å². The lowest BCUT2D eigenvalue weighted by molar-refractivity contribution is -0.120. The first-order valence-electron chi connectivity index (χ1n) is 11.2. The van der Waals surface area contributed by atoms with Crippen LogP contribution in [0, 0.1) is 0 Å². The molecule has 34 heavy (non-hydrogen) atoms. The second-order valence-corrected chi connectivity index (χ2v) is 7.85. The number of nitrogens with one attached hydrogen (secondary N) is 1. The molecule has 0 heterocycles. The Labute approximate surface area is 200 Å². The number of benzene rings is 3. The van der Waals surface area contributed by atoms with Crippen LogP contribution in [0.5, 0.6) is 11.5 Å². The Morgan fingerprint density at radius 2 is 1.68 bits per heavy atom. The zero-order valence-electron chi connectivity index (χ0n) is 19.3. The maximum Gasteiger partial charge on any atom is 0.255 e. The molecule has 0 aliphatic carbocycles. The Kier molecular flexibility index (Phi) is 9.29. The molecule has 6 nitrogen and oxygen atoms in total. The second-order valence-electron chi connectivity index (χ2n) is 7.85. The minimum absolute atomic E-state index is 0.0822. The second kappa shape index (κ2) is 12.8. The van der Waals surface area contributed by atoms with E-state index in [0.29, 0.717) is 11.5 Å². The molecule has 0 aliphatic heterocycles. The molecule has 1 unspecified atom stereocenters. The number of ether oxygens (including phenoxy) is 2. The lowest BCUT2D eigenvalue weighted by atomic mass is 9.99. The quantitative estimate of drug-likeness (QED) is 0.392. The number of methoxy groups -OCH3 is 1. The van der Waals surface area contributed by atoms with Gasteiger partial charge in [0.1, 0.15) is 0 Å². The number of amides is 2. The van der Waals surface area contributed by atoms with Gasteiger partial charge >= 0.3 is 0 Å². The van der Waals surface area contributed by atoms with Gasteiger partial charge in [0.25, 0.3) is 5.91 Å². The third-order valence-corrected chi connectivity index (χ3v) is 5.30. The van der Waals surface area contributed by atoms with Crippen molar-refractivity contribution in [3.63, 3.8) is 0 Å². The average molecular weight is 459 g/mol. The van der Waals surface area contributed by atoms with E-state index in [4.69, 9.17) is 15.2 Å². The Hall–Kier alpha value is -4.06. The highest BCUT2D eigenvalue weighted by Gasteiger charge is 2.13. The van der Waals surface area contributed by atoms with E-state index in [1.807, 2.05) is 48.5 Å². The lowest BCUT2D eigenvalue weighted by Crippen LogP contribution is -2.27. The third-order valence-electron chi connectivity index (χ3n) is 5.30. The molecule has 0 saturated carbocycles. The number of aryl methyl sites for hydroxylation is 1. The third kappa shape index (κ3) is 7.81. The van der Waals surface area contributed by atoms with Gasteiger partial charge in [-0.3, -0.25) is 9.59 Å². The van der Waals surface area contributed by atoms with E-state index >= 15 is 0 Å². The Balaban J connectivity index is 1.63. The van der Waals surface area contributed by atoms with Crippen LogP contribution in [0.3, 0.4) is 0 Å². The summed E-state index contributed by atoms with van der Waals surface area (Å²) < 4.78 is 10.7. The summed E-state index contributed by atoms with van der Waals surface area (Å²) in [6.07, 6.45) is 5.96. The van der Waals surface area contributed by atoms with E-state index in [1.165, 1.54) is 18.7 Å². The van der Waals surface area contributed by atoms with E-state index in [0.717, 1.165) is 30.4 Å². The summed E-state index contributed by atoms with van der Waals surface area (Å²) in [7, 11) is 1.51. The minimum Gasteiger partial charge on any atom is -0.493 e. The normalized spacial score (nSPS) is 11.7. The predicted octanol–water partition coefficient (Wildman–Crippen LogP) is 4.45. The van der Waals surface area contributed by atoms with Crippen LogP contribution in [-0.4, -0.2) is 25.5 Å². The predicted molar refractivity (Wildman–Crippen MR) is 133 cm³/mol. The van der Waals surface area contributed by atoms with Crippen molar-refractivity contribution in [2.24, 2.45) is 5.73 Å². The van der Waals surface area contributed by atoms with E-state index < -0.39 is 5.91 Å². The molecule has 6 heteroatoms. The molecule has 0 fully saturated rings. The lowest BCUT2D eigenvalue weighted by Gasteiger charge is -2.18. The number of carbonyl (C=O) groups is 2. The molecule has 3 N–H and O–H groups in total. The van der Waals surface area contributed by atoms with Gasteiger partial charge in [0.15, 0.2) is 18.1 Å². The van der Waals surface area contributed by atoms with Crippen LogP contribution in [0.25, 0.3) is 6.08 Å². The first-order valence-corrected chi connectivity index (χ1v) is 11.2. The van der Waals surface area contributed by atoms with Gasteiger partial charge in [-0.2, -0.15) is 0 Å². The first kappa shape index (κ1) is 24.6. The van der Waals surface area contributed by atoms with Gasteiger partial charge in [0.2, 0.25) is 5.91 Å². The number of rotatable bonds is 12. The summed E-state index contributed by atoms with van der Waals surface area (Å²) in [5, 5.41) is 3.13. The van der Waals surface area contributed by atoms with Crippen LogP contribution in [0.4, 0.5) is 0 Å². The molecule has 0 aromatic heterocycles. The van der Waals surface area contributed by atoms with Crippen LogP contribution in [0.15, 0.2) is 84.9 Å². The van der Waals surface area contributed by atoms with Gasteiger partial charge in [0.05, 0.1) is 13.2 Å². The maximum absolute atomic E-state index is 12.7. The fourth-order valence-corrected chi connectivity index (χ4v) is 3.61. The molecule has 2 amide bonds. The molecule has 176 valence electrons. The van der Waals surface area contributed by atoms with Crippen molar-refractivity contribution in [1.29, 1.82) is 0 Å². The molecule has 3 rings (SSSR count). The van der Waals surface area contributed by atoms with Crippen molar-refractivity contribution >= 4 is 17.9 Å². The molecule has 0 radical (unpaired) electrons. The summed E-state index contributed by atoms with van der Waals surface area (Å²) in [6.45, 7) is -0.237. The summed E-state index contributed by atoms with van der Waals surface area (Å²) in [6, 6.07) is 25.4. The maximum atomic E-state index is 12.7. The number of primary amides is 1. The van der Waals surface area contributed by atoms with E-state index in [-0.39, 0.29) is 18.6 Å². The number of nitrogens with two attached hydrogens (primary N) is 1. The highest BCUT2D eigenvalue weighted by molar-refractivity contribution is 5.92. The molecular weight excluding hydrogens is 428 g/mol. The Morgan fingerprint density at radius 1 is 0.971 bits per heavy atom. The van der Waals surface area contributed by atoms with Crippen molar-refractivity contribution in [2.75, 3.05) is 13.7 Å². The van der Waals surface area contributed by atoms with Crippen molar-refractivity contribution in [3.8, 4) is 11.5 Å². The molecule has 1 atom stereocenters. The zero-order valence-corrected chi connectivity index (χ0v) is 19.3. The summed E-state index contributed by atoms with van der Waals surface area (Å²) >= 11 is 0. The van der Waals surface area contributed by atoms with Crippen LogP contribution >= 0.6 is 0 Å². The Morgan fingerprint density at radius 3 is 2.35 bits per heavy atom. The minimum atomic E-state index is -0.570. The Bertz CT molecular complexity index is 1100. The monoisotopic (exact) mass is 458 g/mol. The first-order chi connectivity index (χ1) is 16.5. The number of hydrogen-bond donors (Lipinski definition) is 2. The van der Waals surface area contributed by atoms with Crippen LogP contribution in [0.1, 0.15) is 35.6 Å². The van der Waals surface area contributed by atoms with Crippen molar-refractivity contribution in [1.82, 2.24) is 5.32 Å². The van der Waals surface area contributed by atoms with Crippen LogP contribution in [-0.2, 0) is 16.0 Å². The van der Waals surface area contributed by atoms with Crippen LogP contribution in [0.2, 0.25) is 0 Å². The summed E-state index contributed by atoms with van der Waals surface area (Å²) in [5.74, 6) is 0.110. The number of hydrogen-bond acceptors (Lipinski definition) is 4.